The lowest BCUT2D eigenvalue weighted by atomic mass is 10.0. The molecule has 1 aromatic carbocycles. The first-order valence-corrected chi connectivity index (χ1v) is 7.99. The van der Waals surface area contributed by atoms with Crippen LogP contribution in [0.3, 0.4) is 0 Å². The van der Waals surface area contributed by atoms with Gasteiger partial charge in [0.25, 0.3) is 0 Å². The summed E-state index contributed by atoms with van der Waals surface area (Å²) in [4.78, 5) is 24.3. The second-order valence-corrected chi connectivity index (χ2v) is 6.10. The number of hydrogen-bond acceptors (Lipinski definition) is 4. The van der Waals surface area contributed by atoms with Crippen LogP contribution in [0, 0.1) is 26.2 Å². The maximum Gasteiger partial charge on any atom is 0.246 e. The molecule has 2 amide bonds. The zero-order valence-electron chi connectivity index (χ0n) is 14.6. The van der Waals surface area contributed by atoms with Crippen LogP contribution in [-0.2, 0) is 16.0 Å². The molecule has 2 aromatic rings. The standard InChI is InChI=1S/C19H22N2O4/c1-5-6-20-19(24)18(13(4)22)21-16(23)9-14-10-25-15-8-11(2)7-12(3)17(14)15/h1,7-8,10,13,18,22H,6,9H2,2-4H3,(H,20,24)(H,21,23)/t13-,18+/m1/s1. The molecule has 0 bridgehead atoms. The number of terminal acetylenes is 1. The Morgan fingerprint density at radius 1 is 1.36 bits per heavy atom. The van der Waals surface area contributed by atoms with Gasteiger partial charge in [0.05, 0.1) is 25.3 Å². The largest absolute Gasteiger partial charge is 0.464 e. The number of hydrogen-bond donors (Lipinski definition) is 3. The third-order valence-electron chi connectivity index (χ3n) is 3.89. The zero-order chi connectivity index (χ0) is 18.6. The van der Waals surface area contributed by atoms with Crippen molar-refractivity contribution in [2.24, 2.45) is 0 Å². The van der Waals surface area contributed by atoms with Crippen LogP contribution in [0.1, 0.15) is 23.6 Å². The molecule has 3 N–H and O–H groups in total. The first kappa shape index (κ1) is 18.6. The normalized spacial score (nSPS) is 13.1. The quantitative estimate of drug-likeness (QED) is 0.688. The van der Waals surface area contributed by atoms with E-state index in [0.29, 0.717) is 0 Å². The van der Waals surface area contributed by atoms with Crippen LogP contribution in [0.25, 0.3) is 11.0 Å². The molecule has 6 heteroatoms. The highest BCUT2D eigenvalue weighted by atomic mass is 16.3. The fourth-order valence-electron chi connectivity index (χ4n) is 2.81. The molecule has 2 rings (SSSR count). The average molecular weight is 342 g/mol. The van der Waals surface area contributed by atoms with Gasteiger partial charge in [0, 0.05) is 10.9 Å². The van der Waals surface area contributed by atoms with E-state index < -0.39 is 18.1 Å². The van der Waals surface area contributed by atoms with Gasteiger partial charge >= 0.3 is 0 Å². The highest BCUT2D eigenvalue weighted by molar-refractivity contribution is 5.92. The van der Waals surface area contributed by atoms with Crippen LogP contribution < -0.4 is 10.6 Å². The van der Waals surface area contributed by atoms with Crippen molar-refractivity contribution < 1.29 is 19.1 Å². The lowest BCUT2D eigenvalue weighted by molar-refractivity contribution is -0.131. The molecule has 0 aliphatic rings. The van der Waals surface area contributed by atoms with E-state index in [1.165, 1.54) is 6.92 Å². The van der Waals surface area contributed by atoms with Crippen molar-refractivity contribution in [3.8, 4) is 12.3 Å². The summed E-state index contributed by atoms with van der Waals surface area (Å²) in [5, 5.41) is 15.7. The van der Waals surface area contributed by atoms with E-state index in [0.717, 1.165) is 27.7 Å². The number of aliphatic hydroxyl groups excluding tert-OH is 1. The third kappa shape index (κ3) is 4.40. The van der Waals surface area contributed by atoms with E-state index in [2.05, 4.69) is 16.6 Å². The van der Waals surface area contributed by atoms with E-state index in [1.807, 2.05) is 26.0 Å². The molecule has 0 spiro atoms. The molecule has 0 unspecified atom stereocenters. The molecule has 25 heavy (non-hydrogen) atoms. The number of rotatable bonds is 6. The van der Waals surface area contributed by atoms with Gasteiger partial charge in [-0.15, -0.1) is 6.42 Å². The molecule has 0 aliphatic carbocycles. The van der Waals surface area contributed by atoms with Gasteiger partial charge in [-0.05, 0) is 38.0 Å². The van der Waals surface area contributed by atoms with E-state index >= 15 is 0 Å². The van der Waals surface area contributed by atoms with Crippen molar-refractivity contribution in [2.45, 2.75) is 39.3 Å². The molecule has 0 saturated heterocycles. The third-order valence-corrected chi connectivity index (χ3v) is 3.89. The van der Waals surface area contributed by atoms with Crippen molar-refractivity contribution >= 4 is 22.8 Å². The number of carbonyl (C=O) groups excluding carboxylic acids is 2. The number of benzene rings is 1. The van der Waals surface area contributed by atoms with Crippen LogP contribution in [-0.4, -0.2) is 35.6 Å². The topological polar surface area (TPSA) is 91.6 Å². The lowest BCUT2D eigenvalue weighted by Crippen LogP contribution is -2.52. The number of fused-ring (bicyclic) bond motifs is 1. The molecule has 0 radical (unpaired) electrons. The molecule has 1 aromatic heterocycles. The Bertz CT molecular complexity index is 830. The zero-order valence-corrected chi connectivity index (χ0v) is 14.6. The second-order valence-electron chi connectivity index (χ2n) is 6.10. The summed E-state index contributed by atoms with van der Waals surface area (Å²) < 4.78 is 5.53. The molecule has 2 atom stereocenters. The number of nitrogens with one attached hydrogen (secondary N) is 2. The lowest BCUT2D eigenvalue weighted by Gasteiger charge is -2.20. The predicted molar refractivity (Wildman–Crippen MR) is 94.8 cm³/mol. The van der Waals surface area contributed by atoms with Crippen molar-refractivity contribution in [1.29, 1.82) is 0 Å². The summed E-state index contributed by atoms with van der Waals surface area (Å²) in [5.74, 6) is 1.37. The van der Waals surface area contributed by atoms with Gasteiger partial charge in [-0.3, -0.25) is 9.59 Å². The van der Waals surface area contributed by atoms with Gasteiger partial charge in [0.2, 0.25) is 11.8 Å². The van der Waals surface area contributed by atoms with Gasteiger partial charge < -0.3 is 20.2 Å². The number of carbonyl (C=O) groups is 2. The molecule has 0 saturated carbocycles. The van der Waals surface area contributed by atoms with Crippen LogP contribution in [0.2, 0.25) is 0 Å². The summed E-state index contributed by atoms with van der Waals surface area (Å²) in [7, 11) is 0. The number of amides is 2. The van der Waals surface area contributed by atoms with Crippen LogP contribution in [0.4, 0.5) is 0 Å². The molecule has 1 heterocycles. The molecule has 132 valence electrons. The number of furan rings is 1. The Morgan fingerprint density at radius 2 is 2.08 bits per heavy atom. The second kappa shape index (κ2) is 7.86. The van der Waals surface area contributed by atoms with Gasteiger partial charge in [-0.25, -0.2) is 0 Å². The maximum absolute atomic E-state index is 12.3. The number of aliphatic hydroxyl groups is 1. The Balaban J connectivity index is 2.14. The first-order chi connectivity index (χ1) is 11.8. The predicted octanol–water partition coefficient (Wildman–Crippen LogP) is 1.21. The highest BCUT2D eigenvalue weighted by Gasteiger charge is 2.25. The highest BCUT2D eigenvalue weighted by Crippen LogP contribution is 2.26. The van der Waals surface area contributed by atoms with Crippen molar-refractivity contribution in [1.82, 2.24) is 10.6 Å². The fourth-order valence-corrected chi connectivity index (χ4v) is 2.81. The first-order valence-electron chi connectivity index (χ1n) is 7.99. The maximum atomic E-state index is 12.3. The molecular formula is C19H22N2O4. The minimum atomic E-state index is -1.07. The Morgan fingerprint density at radius 3 is 2.72 bits per heavy atom. The van der Waals surface area contributed by atoms with Gasteiger partial charge in [0.1, 0.15) is 11.6 Å². The summed E-state index contributed by atoms with van der Waals surface area (Å²) >= 11 is 0. The summed E-state index contributed by atoms with van der Waals surface area (Å²) in [5.41, 5.74) is 3.55. The van der Waals surface area contributed by atoms with Gasteiger partial charge in [-0.1, -0.05) is 12.0 Å². The van der Waals surface area contributed by atoms with E-state index in [9.17, 15) is 14.7 Å². The Kier molecular flexibility index (Phi) is 5.84. The molecular weight excluding hydrogens is 320 g/mol. The van der Waals surface area contributed by atoms with Gasteiger partial charge in [-0.2, -0.15) is 0 Å². The smallest absolute Gasteiger partial charge is 0.246 e. The molecule has 0 aliphatic heterocycles. The minimum Gasteiger partial charge on any atom is -0.464 e. The van der Waals surface area contributed by atoms with E-state index in [1.54, 1.807) is 6.26 Å². The molecule has 6 nitrogen and oxygen atoms in total. The SMILES string of the molecule is C#CCNC(=O)[C@@H](NC(=O)Cc1coc2cc(C)cc(C)c12)[C@@H](C)O. The summed E-state index contributed by atoms with van der Waals surface area (Å²) in [6.45, 7) is 5.39. The van der Waals surface area contributed by atoms with Gasteiger partial charge in [0.15, 0.2) is 0 Å². The monoisotopic (exact) mass is 342 g/mol. The van der Waals surface area contributed by atoms with Crippen molar-refractivity contribution in [3.05, 3.63) is 35.1 Å². The van der Waals surface area contributed by atoms with Crippen molar-refractivity contribution in [2.75, 3.05) is 6.54 Å². The molecule has 0 fully saturated rings. The Hall–Kier alpha value is -2.78. The summed E-state index contributed by atoms with van der Waals surface area (Å²) in [6.07, 6.45) is 5.64. The van der Waals surface area contributed by atoms with Crippen LogP contribution in [0.15, 0.2) is 22.8 Å². The van der Waals surface area contributed by atoms with Crippen molar-refractivity contribution in [3.63, 3.8) is 0 Å². The van der Waals surface area contributed by atoms with Crippen LogP contribution >= 0.6 is 0 Å². The fraction of sp³-hybridized carbons (Fsp3) is 0.368. The Labute approximate surface area is 146 Å². The van der Waals surface area contributed by atoms with Crippen LogP contribution in [0.5, 0.6) is 0 Å². The summed E-state index contributed by atoms with van der Waals surface area (Å²) in [6, 6.07) is 2.86. The van der Waals surface area contributed by atoms with E-state index in [4.69, 9.17) is 10.8 Å². The van der Waals surface area contributed by atoms with E-state index in [-0.39, 0.29) is 18.9 Å². The average Bonchev–Trinajstić information content (AvgIpc) is 2.92. The number of aryl methyl sites for hydroxylation is 2. The minimum absolute atomic E-state index is 0.0306.